The first-order valence-electron chi connectivity index (χ1n) is 8.18. The Balaban J connectivity index is 1.48. The lowest BCUT2D eigenvalue weighted by molar-refractivity contribution is -0.130. The summed E-state index contributed by atoms with van der Waals surface area (Å²) in [6, 6.07) is 0.616. The molecule has 0 radical (unpaired) electrons. The molecule has 7 nitrogen and oxygen atoms in total. The van der Waals surface area contributed by atoms with Crippen molar-refractivity contribution in [2.75, 3.05) is 45.8 Å². The highest BCUT2D eigenvalue weighted by Gasteiger charge is 2.35. The normalized spacial score (nSPS) is 27.5. The monoisotopic (exact) mass is 306 g/mol. The van der Waals surface area contributed by atoms with E-state index >= 15 is 0 Å². The van der Waals surface area contributed by atoms with E-state index in [0.717, 1.165) is 52.4 Å². The molecule has 1 aromatic heterocycles. The molecule has 1 aromatic rings. The van der Waals surface area contributed by atoms with E-state index in [-0.39, 0.29) is 5.91 Å². The van der Waals surface area contributed by atoms with Gasteiger partial charge in [0.25, 0.3) is 0 Å². The van der Waals surface area contributed by atoms with Gasteiger partial charge in [-0.1, -0.05) is 6.92 Å². The molecule has 0 spiro atoms. The minimum Gasteiger partial charge on any atom is -0.340 e. The predicted molar refractivity (Wildman–Crippen MR) is 83.2 cm³/mol. The summed E-state index contributed by atoms with van der Waals surface area (Å²) in [5, 5.41) is 4.16. The lowest BCUT2D eigenvalue weighted by Gasteiger charge is -2.39. The maximum Gasteiger partial charge on any atom is 0.219 e. The van der Waals surface area contributed by atoms with Crippen molar-refractivity contribution >= 4 is 5.91 Å². The smallest absolute Gasteiger partial charge is 0.219 e. The van der Waals surface area contributed by atoms with Crippen LogP contribution in [-0.4, -0.2) is 87.2 Å². The van der Waals surface area contributed by atoms with E-state index in [1.165, 1.54) is 0 Å². The summed E-state index contributed by atoms with van der Waals surface area (Å²) in [6.07, 6.45) is 3.36. The van der Waals surface area contributed by atoms with Crippen LogP contribution in [0.25, 0.3) is 0 Å². The second kappa shape index (κ2) is 6.75. The highest BCUT2D eigenvalue weighted by Crippen LogP contribution is 2.22. The van der Waals surface area contributed by atoms with Crippen molar-refractivity contribution in [2.45, 2.75) is 26.4 Å². The first-order chi connectivity index (χ1) is 10.6. The fraction of sp³-hybridized carbons (Fsp3) is 0.800. The van der Waals surface area contributed by atoms with Crippen molar-refractivity contribution in [1.29, 1.82) is 0 Å². The second-order valence-corrected chi connectivity index (χ2v) is 6.50. The number of aromatic nitrogens is 3. The molecule has 22 heavy (non-hydrogen) atoms. The van der Waals surface area contributed by atoms with E-state index in [1.54, 1.807) is 19.6 Å². The SMILES string of the molecule is CC(=O)N1CCN([C@H]2CN(CCn3cncn3)C[C@@H]2C)CC1. The van der Waals surface area contributed by atoms with Gasteiger partial charge < -0.3 is 4.90 Å². The zero-order valence-electron chi connectivity index (χ0n) is 13.6. The largest absolute Gasteiger partial charge is 0.340 e. The summed E-state index contributed by atoms with van der Waals surface area (Å²) in [7, 11) is 0. The molecule has 7 heteroatoms. The van der Waals surface area contributed by atoms with Crippen molar-refractivity contribution < 1.29 is 4.79 Å². The number of amides is 1. The van der Waals surface area contributed by atoms with E-state index in [9.17, 15) is 4.79 Å². The topological polar surface area (TPSA) is 57.5 Å². The van der Waals surface area contributed by atoms with Crippen molar-refractivity contribution in [3.8, 4) is 0 Å². The summed E-state index contributed by atoms with van der Waals surface area (Å²) in [5.41, 5.74) is 0. The Hall–Kier alpha value is -1.47. The van der Waals surface area contributed by atoms with E-state index in [0.29, 0.717) is 12.0 Å². The summed E-state index contributed by atoms with van der Waals surface area (Å²) < 4.78 is 1.89. The molecule has 3 rings (SSSR count). The maximum absolute atomic E-state index is 11.4. The Kier molecular flexibility index (Phi) is 4.73. The zero-order chi connectivity index (χ0) is 15.5. The average Bonchev–Trinajstić information content (AvgIpc) is 3.14. The van der Waals surface area contributed by atoms with Gasteiger partial charge in [-0.05, 0) is 5.92 Å². The maximum atomic E-state index is 11.4. The van der Waals surface area contributed by atoms with E-state index in [1.807, 2.05) is 9.58 Å². The molecule has 0 aromatic carbocycles. The molecule has 1 amide bonds. The molecular formula is C15H26N6O. The molecule has 2 atom stereocenters. The summed E-state index contributed by atoms with van der Waals surface area (Å²) in [4.78, 5) is 22.5. The summed E-state index contributed by atoms with van der Waals surface area (Å²) >= 11 is 0. The summed E-state index contributed by atoms with van der Waals surface area (Å²) in [6.45, 7) is 12.0. The number of carbonyl (C=O) groups is 1. The van der Waals surface area contributed by atoms with Gasteiger partial charge in [0.05, 0.1) is 6.54 Å². The van der Waals surface area contributed by atoms with E-state index < -0.39 is 0 Å². The molecule has 2 aliphatic heterocycles. The van der Waals surface area contributed by atoms with Crippen LogP contribution in [0.15, 0.2) is 12.7 Å². The predicted octanol–water partition coefficient (Wildman–Crippen LogP) is -0.237. The van der Waals surface area contributed by atoms with Gasteiger partial charge in [0.1, 0.15) is 12.7 Å². The number of nitrogens with zero attached hydrogens (tertiary/aromatic N) is 6. The van der Waals surface area contributed by atoms with E-state index in [2.05, 4.69) is 26.8 Å². The number of hydrogen-bond acceptors (Lipinski definition) is 5. The lowest BCUT2D eigenvalue weighted by Crippen LogP contribution is -2.53. The van der Waals surface area contributed by atoms with Crippen LogP contribution in [0.5, 0.6) is 0 Å². The van der Waals surface area contributed by atoms with Crippen LogP contribution in [-0.2, 0) is 11.3 Å². The quantitative estimate of drug-likeness (QED) is 0.769. The van der Waals surface area contributed by atoms with Crippen LogP contribution >= 0.6 is 0 Å². The highest BCUT2D eigenvalue weighted by atomic mass is 16.2. The van der Waals surface area contributed by atoms with Gasteiger partial charge in [0, 0.05) is 58.8 Å². The van der Waals surface area contributed by atoms with Crippen LogP contribution in [0.2, 0.25) is 0 Å². The van der Waals surface area contributed by atoms with Crippen LogP contribution in [0.1, 0.15) is 13.8 Å². The molecule has 0 aliphatic carbocycles. The van der Waals surface area contributed by atoms with Crippen LogP contribution < -0.4 is 0 Å². The molecule has 2 fully saturated rings. The van der Waals surface area contributed by atoms with Gasteiger partial charge in [0.2, 0.25) is 5.91 Å². The first-order valence-corrected chi connectivity index (χ1v) is 8.18. The van der Waals surface area contributed by atoms with Gasteiger partial charge >= 0.3 is 0 Å². The van der Waals surface area contributed by atoms with Crippen LogP contribution in [0, 0.1) is 5.92 Å². The van der Waals surface area contributed by atoms with Gasteiger partial charge in [-0.15, -0.1) is 0 Å². The minimum atomic E-state index is 0.202. The Morgan fingerprint density at radius 2 is 1.95 bits per heavy atom. The number of likely N-dealkylation sites (tertiary alicyclic amines) is 1. The third kappa shape index (κ3) is 3.47. The fourth-order valence-electron chi connectivity index (χ4n) is 3.67. The first kappa shape index (κ1) is 15.4. The zero-order valence-corrected chi connectivity index (χ0v) is 13.6. The van der Waals surface area contributed by atoms with Gasteiger partial charge in [-0.2, -0.15) is 5.10 Å². The summed E-state index contributed by atoms with van der Waals surface area (Å²) in [5.74, 6) is 0.883. The lowest BCUT2D eigenvalue weighted by atomic mass is 10.0. The molecule has 0 bridgehead atoms. The number of rotatable bonds is 4. The van der Waals surface area contributed by atoms with Crippen molar-refractivity contribution in [3.63, 3.8) is 0 Å². The fourth-order valence-corrected chi connectivity index (χ4v) is 3.67. The molecule has 2 saturated heterocycles. The molecule has 0 N–H and O–H groups in total. The number of hydrogen-bond donors (Lipinski definition) is 0. The Morgan fingerprint density at radius 1 is 1.18 bits per heavy atom. The van der Waals surface area contributed by atoms with Crippen molar-refractivity contribution in [1.82, 2.24) is 29.5 Å². The van der Waals surface area contributed by atoms with Gasteiger partial charge in [0.15, 0.2) is 0 Å². The molecule has 0 saturated carbocycles. The van der Waals surface area contributed by atoms with Crippen LogP contribution in [0.4, 0.5) is 0 Å². The molecule has 0 unspecified atom stereocenters. The van der Waals surface area contributed by atoms with Gasteiger partial charge in [-0.25, -0.2) is 4.98 Å². The third-order valence-electron chi connectivity index (χ3n) is 4.99. The molecular weight excluding hydrogens is 280 g/mol. The third-order valence-corrected chi connectivity index (χ3v) is 4.99. The molecule has 122 valence electrons. The Morgan fingerprint density at radius 3 is 2.59 bits per heavy atom. The van der Waals surface area contributed by atoms with Gasteiger partial charge in [-0.3, -0.25) is 19.3 Å². The second-order valence-electron chi connectivity index (χ2n) is 6.50. The van der Waals surface area contributed by atoms with Crippen LogP contribution in [0.3, 0.4) is 0 Å². The van der Waals surface area contributed by atoms with Crippen molar-refractivity contribution in [2.24, 2.45) is 5.92 Å². The molecule has 3 heterocycles. The Labute approximate surface area is 131 Å². The minimum absolute atomic E-state index is 0.202. The Bertz CT molecular complexity index is 482. The number of piperazine rings is 1. The van der Waals surface area contributed by atoms with E-state index in [4.69, 9.17) is 0 Å². The number of carbonyl (C=O) groups excluding carboxylic acids is 1. The van der Waals surface area contributed by atoms with Crippen molar-refractivity contribution in [3.05, 3.63) is 12.7 Å². The average molecular weight is 306 g/mol. The molecule has 2 aliphatic rings. The highest BCUT2D eigenvalue weighted by molar-refractivity contribution is 5.73. The standard InChI is InChI=1S/C15H26N6O/c1-13-9-18(3-8-21-12-16-11-17-21)10-15(13)20-6-4-19(5-7-20)14(2)22/h11-13,15H,3-10H2,1-2H3/t13-,15-/m0/s1.